The van der Waals surface area contributed by atoms with Gasteiger partial charge >= 0.3 is 5.69 Å². The molecule has 0 spiro atoms. The molecule has 0 radical (unpaired) electrons. The average Bonchev–Trinajstić information content (AvgIpc) is 2.24. The highest BCUT2D eigenvalue weighted by molar-refractivity contribution is 7.80. The van der Waals surface area contributed by atoms with E-state index in [9.17, 15) is 14.7 Å². The Bertz CT molecular complexity index is 573. The van der Waals surface area contributed by atoms with Crippen LogP contribution in [0, 0.1) is 0 Å². The summed E-state index contributed by atoms with van der Waals surface area (Å²) in [5, 5.41) is 16.1. The van der Waals surface area contributed by atoms with E-state index < -0.39 is 17.1 Å². The SMILES string of the molecule is CNC(=S)N/N=C(\C)c1c(O)[nH]c(=O)[nH]c1=O. The van der Waals surface area contributed by atoms with Gasteiger partial charge in [-0.2, -0.15) is 5.10 Å². The summed E-state index contributed by atoms with van der Waals surface area (Å²) < 4.78 is 0. The lowest BCUT2D eigenvalue weighted by atomic mass is 10.2. The summed E-state index contributed by atoms with van der Waals surface area (Å²) in [7, 11) is 1.60. The van der Waals surface area contributed by atoms with E-state index >= 15 is 0 Å². The molecule has 17 heavy (non-hydrogen) atoms. The van der Waals surface area contributed by atoms with Crippen LogP contribution in [0.1, 0.15) is 12.5 Å². The van der Waals surface area contributed by atoms with Crippen LogP contribution in [0.2, 0.25) is 0 Å². The Kier molecular flexibility index (Phi) is 3.99. The lowest BCUT2D eigenvalue weighted by Gasteiger charge is -2.04. The molecule has 0 aliphatic carbocycles. The summed E-state index contributed by atoms with van der Waals surface area (Å²) in [5.74, 6) is -0.544. The zero-order valence-electron chi connectivity index (χ0n) is 9.12. The number of aromatic amines is 2. The van der Waals surface area contributed by atoms with Crippen molar-refractivity contribution in [2.45, 2.75) is 6.92 Å². The van der Waals surface area contributed by atoms with Crippen LogP contribution in [0.25, 0.3) is 0 Å². The van der Waals surface area contributed by atoms with Crippen molar-refractivity contribution in [3.05, 3.63) is 26.4 Å². The normalized spacial score (nSPS) is 11.1. The summed E-state index contributed by atoms with van der Waals surface area (Å²) in [6, 6.07) is 0. The first-order valence-electron chi connectivity index (χ1n) is 4.53. The van der Waals surface area contributed by atoms with Crippen LogP contribution in [0.4, 0.5) is 0 Å². The van der Waals surface area contributed by atoms with E-state index in [-0.39, 0.29) is 16.4 Å². The number of aromatic nitrogens is 2. The van der Waals surface area contributed by atoms with E-state index in [1.165, 1.54) is 6.92 Å². The van der Waals surface area contributed by atoms with Crippen molar-refractivity contribution < 1.29 is 5.11 Å². The molecule has 0 bridgehead atoms. The van der Waals surface area contributed by atoms with Crippen molar-refractivity contribution >= 4 is 23.0 Å². The van der Waals surface area contributed by atoms with Crippen molar-refractivity contribution in [1.82, 2.24) is 20.7 Å². The van der Waals surface area contributed by atoms with Gasteiger partial charge in [0.2, 0.25) is 5.88 Å². The second-order valence-electron chi connectivity index (χ2n) is 3.02. The van der Waals surface area contributed by atoms with Crippen LogP contribution in [0.3, 0.4) is 0 Å². The fraction of sp³-hybridized carbons (Fsp3) is 0.250. The Morgan fingerprint density at radius 3 is 2.59 bits per heavy atom. The molecule has 0 fully saturated rings. The van der Waals surface area contributed by atoms with Gasteiger partial charge in [0.05, 0.1) is 5.71 Å². The van der Waals surface area contributed by atoms with Crippen LogP contribution < -0.4 is 22.0 Å². The molecule has 0 aromatic carbocycles. The van der Waals surface area contributed by atoms with E-state index in [1.807, 2.05) is 9.97 Å². The Morgan fingerprint density at radius 2 is 2.06 bits per heavy atom. The molecule has 1 heterocycles. The summed E-state index contributed by atoms with van der Waals surface area (Å²) in [4.78, 5) is 26.3. The Labute approximate surface area is 101 Å². The lowest BCUT2D eigenvalue weighted by molar-refractivity contribution is 0.447. The molecule has 0 unspecified atom stereocenters. The number of hydrazone groups is 1. The molecule has 1 aromatic rings. The molecule has 5 N–H and O–H groups in total. The number of nitrogens with one attached hydrogen (secondary N) is 4. The average molecular weight is 257 g/mol. The smallest absolute Gasteiger partial charge is 0.328 e. The van der Waals surface area contributed by atoms with E-state index in [0.29, 0.717) is 0 Å². The Hall–Kier alpha value is -2.16. The van der Waals surface area contributed by atoms with E-state index in [2.05, 4.69) is 15.8 Å². The molecule has 0 amide bonds. The molecule has 1 aromatic heterocycles. The maximum absolute atomic E-state index is 11.4. The van der Waals surface area contributed by atoms with Crippen molar-refractivity contribution in [2.24, 2.45) is 5.10 Å². The van der Waals surface area contributed by atoms with Gasteiger partial charge < -0.3 is 10.4 Å². The third-order valence-corrected chi connectivity index (χ3v) is 2.13. The van der Waals surface area contributed by atoms with Crippen LogP contribution >= 0.6 is 12.2 Å². The Morgan fingerprint density at radius 1 is 1.41 bits per heavy atom. The molecule has 0 saturated carbocycles. The monoisotopic (exact) mass is 257 g/mol. The highest BCUT2D eigenvalue weighted by atomic mass is 32.1. The van der Waals surface area contributed by atoms with Crippen molar-refractivity contribution in [1.29, 1.82) is 0 Å². The first kappa shape index (κ1) is 12.9. The quantitative estimate of drug-likeness (QED) is 0.252. The predicted molar refractivity (Wildman–Crippen MR) is 66.4 cm³/mol. The Balaban J connectivity index is 3.13. The van der Waals surface area contributed by atoms with Gasteiger partial charge in [0.25, 0.3) is 5.56 Å². The number of thiocarbonyl (C=S) groups is 1. The fourth-order valence-electron chi connectivity index (χ4n) is 1.06. The molecule has 9 heteroatoms. The van der Waals surface area contributed by atoms with E-state index in [1.54, 1.807) is 7.05 Å². The fourth-order valence-corrected chi connectivity index (χ4v) is 1.10. The van der Waals surface area contributed by atoms with Gasteiger partial charge in [-0.3, -0.25) is 20.2 Å². The zero-order valence-corrected chi connectivity index (χ0v) is 9.94. The van der Waals surface area contributed by atoms with E-state index in [0.717, 1.165) is 0 Å². The molecule has 92 valence electrons. The first-order chi connectivity index (χ1) is 7.95. The molecule has 0 aliphatic heterocycles. The predicted octanol–water partition coefficient (Wildman–Crippen LogP) is -1.41. The van der Waals surface area contributed by atoms with Gasteiger partial charge in [-0.1, -0.05) is 0 Å². The largest absolute Gasteiger partial charge is 0.494 e. The number of rotatable bonds is 2. The zero-order chi connectivity index (χ0) is 13.0. The standard InChI is InChI=1S/C8H11N5O3S/c1-3(12-13-8(17)9-2)4-5(14)10-7(16)11-6(4)15/h1-2H3,(H2,9,13,17)(H3,10,11,14,15,16)/b12-3+. The van der Waals surface area contributed by atoms with Crippen LogP contribution in [-0.4, -0.2) is 32.9 Å². The minimum Gasteiger partial charge on any atom is -0.494 e. The molecular formula is C8H11N5O3S. The number of nitrogens with zero attached hydrogens (tertiary/aromatic N) is 1. The van der Waals surface area contributed by atoms with Crippen molar-refractivity contribution in [2.75, 3.05) is 7.05 Å². The number of hydrogen-bond donors (Lipinski definition) is 5. The lowest BCUT2D eigenvalue weighted by Crippen LogP contribution is -2.31. The number of H-pyrrole nitrogens is 2. The molecule has 0 aliphatic rings. The highest BCUT2D eigenvalue weighted by Crippen LogP contribution is 2.05. The van der Waals surface area contributed by atoms with Crippen LogP contribution in [0.5, 0.6) is 5.88 Å². The second-order valence-corrected chi connectivity index (χ2v) is 3.43. The van der Waals surface area contributed by atoms with Gasteiger partial charge in [-0.15, -0.1) is 0 Å². The summed E-state index contributed by atoms with van der Waals surface area (Å²) in [6.07, 6.45) is 0. The molecule has 0 atom stereocenters. The maximum Gasteiger partial charge on any atom is 0.328 e. The summed E-state index contributed by atoms with van der Waals surface area (Å²) in [5.41, 5.74) is 0.981. The summed E-state index contributed by atoms with van der Waals surface area (Å²) in [6.45, 7) is 1.48. The molecule has 0 saturated heterocycles. The van der Waals surface area contributed by atoms with Crippen LogP contribution in [-0.2, 0) is 0 Å². The minimum atomic E-state index is -0.789. The molecule has 1 rings (SSSR count). The van der Waals surface area contributed by atoms with Crippen molar-refractivity contribution in [3.63, 3.8) is 0 Å². The van der Waals surface area contributed by atoms with Gasteiger partial charge in [0, 0.05) is 7.05 Å². The van der Waals surface area contributed by atoms with Crippen molar-refractivity contribution in [3.8, 4) is 5.88 Å². The highest BCUT2D eigenvalue weighted by Gasteiger charge is 2.11. The van der Waals surface area contributed by atoms with Gasteiger partial charge in [0.1, 0.15) is 5.56 Å². The second kappa shape index (κ2) is 5.25. The maximum atomic E-state index is 11.4. The van der Waals surface area contributed by atoms with Gasteiger partial charge in [0.15, 0.2) is 5.11 Å². The van der Waals surface area contributed by atoms with Gasteiger partial charge in [-0.25, -0.2) is 4.79 Å². The molecule has 8 nitrogen and oxygen atoms in total. The third kappa shape index (κ3) is 3.14. The minimum absolute atomic E-state index is 0.129. The third-order valence-electron chi connectivity index (χ3n) is 1.84. The molecular weight excluding hydrogens is 246 g/mol. The van der Waals surface area contributed by atoms with E-state index in [4.69, 9.17) is 12.2 Å². The van der Waals surface area contributed by atoms with Gasteiger partial charge in [-0.05, 0) is 19.1 Å². The summed E-state index contributed by atoms with van der Waals surface area (Å²) >= 11 is 4.77. The van der Waals surface area contributed by atoms with Crippen LogP contribution in [0.15, 0.2) is 14.7 Å². The first-order valence-corrected chi connectivity index (χ1v) is 4.94. The number of aromatic hydroxyl groups is 1. The number of hydrogen-bond acceptors (Lipinski definition) is 5. The topological polar surface area (TPSA) is 122 Å².